The van der Waals surface area contributed by atoms with Crippen LogP contribution in [0, 0.1) is 11.8 Å². The summed E-state index contributed by atoms with van der Waals surface area (Å²) in [6, 6.07) is 19.6. The molecule has 160 valence electrons. The standard InChI is InChI=1S/C28H32N2O/c1-19(2)23-13-10-14-24(20(3)4)27(23)30-28(5,6)26-16-9-12-22(29-26)18-17-21-11-7-8-15-25(21)31/h7-16,19-20,30-31H,1-6H3. The zero-order valence-corrected chi connectivity index (χ0v) is 19.3. The molecule has 0 spiro atoms. The van der Waals surface area contributed by atoms with Crippen molar-refractivity contribution in [2.24, 2.45) is 0 Å². The van der Waals surface area contributed by atoms with Crippen LogP contribution in [0.3, 0.4) is 0 Å². The first-order valence-corrected chi connectivity index (χ1v) is 10.9. The zero-order valence-electron chi connectivity index (χ0n) is 19.3. The number of hydrogen-bond donors (Lipinski definition) is 2. The molecule has 0 saturated heterocycles. The predicted octanol–water partition coefficient (Wildman–Crippen LogP) is 6.78. The number of nitrogens with one attached hydrogen (secondary N) is 1. The molecule has 3 rings (SSSR count). The Kier molecular flexibility index (Phi) is 6.71. The number of hydrogen-bond acceptors (Lipinski definition) is 3. The SMILES string of the molecule is CC(C)c1cccc(C(C)C)c1NC(C)(C)c1cccc(C#Cc2ccccc2O)n1. The zero-order chi connectivity index (χ0) is 22.6. The molecule has 0 aliphatic carbocycles. The van der Waals surface area contributed by atoms with Gasteiger partial charge in [-0.15, -0.1) is 0 Å². The highest BCUT2D eigenvalue weighted by Crippen LogP contribution is 2.36. The summed E-state index contributed by atoms with van der Waals surface area (Å²) in [4.78, 5) is 4.82. The fourth-order valence-corrected chi connectivity index (χ4v) is 3.64. The van der Waals surface area contributed by atoms with Gasteiger partial charge in [-0.05, 0) is 67.0 Å². The minimum atomic E-state index is -0.388. The molecule has 0 fully saturated rings. The minimum Gasteiger partial charge on any atom is -0.507 e. The van der Waals surface area contributed by atoms with Crippen LogP contribution in [0.15, 0.2) is 60.7 Å². The maximum absolute atomic E-state index is 9.95. The average molecular weight is 413 g/mol. The van der Waals surface area contributed by atoms with Gasteiger partial charge in [0.1, 0.15) is 11.4 Å². The maximum atomic E-state index is 9.95. The van der Waals surface area contributed by atoms with Crippen molar-refractivity contribution >= 4 is 5.69 Å². The van der Waals surface area contributed by atoms with Crippen LogP contribution in [0.4, 0.5) is 5.69 Å². The third-order valence-corrected chi connectivity index (χ3v) is 5.43. The first-order chi connectivity index (χ1) is 14.7. The summed E-state index contributed by atoms with van der Waals surface area (Å²) in [6.45, 7) is 13.2. The average Bonchev–Trinajstić information content (AvgIpc) is 2.73. The summed E-state index contributed by atoms with van der Waals surface area (Å²) in [5.74, 6) is 7.13. The van der Waals surface area contributed by atoms with Crippen molar-refractivity contribution in [3.05, 3.63) is 88.7 Å². The molecule has 2 aromatic carbocycles. The van der Waals surface area contributed by atoms with E-state index in [4.69, 9.17) is 4.98 Å². The summed E-state index contributed by atoms with van der Waals surface area (Å²) < 4.78 is 0. The number of pyridine rings is 1. The first kappa shape index (κ1) is 22.4. The molecule has 1 heterocycles. The number of phenolic OH excluding ortho intramolecular Hbond substituents is 1. The molecule has 0 radical (unpaired) electrons. The topological polar surface area (TPSA) is 45.1 Å². The normalized spacial score (nSPS) is 11.4. The van der Waals surface area contributed by atoms with Gasteiger partial charge < -0.3 is 10.4 Å². The highest BCUT2D eigenvalue weighted by molar-refractivity contribution is 5.62. The summed E-state index contributed by atoms with van der Waals surface area (Å²) >= 11 is 0. The molecule has 3 aromatic rings. The van der Waals surface area contributed by atoms with Gasteiger partial charge in [0.15, 0.2) is 0 Å². The number of aromatic nitrogens is 1. The van der Waals surface area contributed by atoms with E-state index in [0.717, 1.165) is 5.69 Å². The molecule has 0 aliphatic rings. The fraction of sp³-hybridized carbons (Fsp3) is 0.321. The van der Waals surface area contributed by atoms with Gasteiger partial charge in [-0.3, -0.25) is 0 Å². The van der Waals surface area contributed by atoms with E-state index in [2.05, 4.69) is 76.9 Å². The molecule has 2 N–H and O–H groups in total. The van der Waals surface area contributed by atoms with Crippen molar-refractivity contribution < 1.29 is 5.11 Å². The molecule has 1 aromatic heterocycles. The molecule has 0 atom stereocenters. The Morgan fingerprint density at radius 2 is 1.42 bits per heavy atom. The molecule has 0 saturated carbocycles. The number of anilines is 1. The van der Waals surface area contributed by atoms with E-state index in [-0.39, 0.29) is 11.3 Å². The van der Waals surface area contributed by atoms with Gasteiger partial charge >= 0.3 is 0 Å². The number of benzene rings is 2. The summed E-state index contributed by atoms with van der Waals surface area (Å²) in [5.41, 5.74) is 5.64. The lowest BCUT2D eigenvalue weighted by Gasteiger charge is -2.31. The van der Waals surface area contributed by atoms with Gasteiger partial charge in [0, 0.05) is 5.69 Å². The van der Waals surface area contributed by atoms with E-state index >= 15 is 0 Å². The van der Waals surface area contributed by atoms with Gasteiger partial charge in [-0.1, -0.05) is 70.0 Å². The second kappa shape index (κ2) is 9.27. The molecule has 0 aliphatic heterocycles. The van der Waals surface area contributed by atoms with E-state index in [9.17, 15) is 5.11 Å². The summed E-state index contributed by atoms with van der Waals surface area (Å²) in [6.07, 6.45) is 0. The fourth-order valence-electron chi connectivity index (χ4n) is 3.64. The van der Waals surface area contributed by atoms with Crippen LogP contribution in [-0.2, 0) is 5.54 Å². The van der Waals surface area contributed by atoms with Crippen molar-refractivity contribution in [1.82, 2.24) is 4.98 Å². The Hall–Kier alpha value is -3.25. The smallest absolute Gasteiger partial charge is 0.131 e. The second-order valence-electron chi connectivity index (χ2n) is 9.05. The molecule has 3 heteroatoms. The summed E-state index contributed by atoms with van der Waals surface area (Å²) in [5, 5.41) is 13.7. The van der Waals surface area contributed by atoms with E-state index in [1.54, 1.807) is 18.2 Å². The largest absolute Gasteiger partial charge is 0.507 e. The number of aromatic hydroxyl groups is 1. The Bertz CT molecular complexity index is 1090. The van der Waals surface area contributed by atoms with Gasteiger partial charge in [0.2, 0.25) is 0 Å². The third-order valence-electron chi connectivity index (χ3n) is 5.43. The monoisotopic (exact) mass is 412 g/mol. The van der Waals surface area contributed by atoms with Crippen LogP contribution < -0.4 is 5.32 Å². The summed E-state index contributed by atoms with van der Waals surface area (Å²) in [7, 11) is 0. The van der Waals surface area contributed by atoms with E-state index in [1.165, 1.54) is 16.8 Å². The van der Waals surface area contributed by atoms with E-state index < -0.39 is 0 Å². The number of rotatable bonds is 5. The van der Waals surface area contributed by atoms with Crippen molar-refractivity contribution in [1.29, 1.82) is 0 Å². The van der Waals surface area contributed by atoms with Crippen molar-refractivity contribution in [3.63, 3.8) is 0 Å². The minimum absolute atomic E-state index is 0.180. The molecule has 31 heavy (non-hydrogen) atoms. The Labute approximate surface area is 186 Å². The van der Waals surface area contributed by atoms with Crippen LogP contribution in [0.1, 0.15) is 81.5 Å². The van der Waals surface area contributed by atoms with Crippen molar-refractivity contribution in [2.75, 3.05) is 5.32 Å². The van der Waals surface area contributed by atoms with E-state index in [1.807, 2.05) is 24.3 Å². The molecule has 0 bridgehead atoms. The van der Waals surface area contributed by atoms with Crippen molar-refractivity contribution in [2.45, 2.75) is 58.9 Å². The molecular formula is C28H32N2O. The van der Waals surface area contributed by atoms with Crippen LogP contribution in [0.2, 0.25) is 0 Å². The molecular weight excluding hydrogens is 380 g/mol. The second-order valence-corrected chi connectivity index (χ2v) is 9.05. The number of nitrogens with zero attached hydrogens (tertiary/aromatic N) is 1. The van der Waals surface area contributed by atoms with E-state index in [0.29, 0.717) is 23.1 Å². The quantitative estimate of drug-likeness (QED) is 0.454. The molecule has 0 unspecified atom stereocenters. The highest BCUT2D eigenvalue weighted by atomic mass is 16.3. The van der Waals surface area contributed by atoms with Gasteiger partial charge in [-0.2, -0.15) is 0 Å². The van der Waals surface area contributed by atoms with Crippen LogP contribution in [-0.4, -0.2) is 10.1 Å². The predicted molar refractivity (Wildman–Crippen MR) is 130 cm³/mol. The Balaban J connectivity index is 1.96. The lowest BCUT2D eigenvalue weighted by molar-refractivity contribution is 0.473. The van der Waals surface area contributed by atoms with Gasteiger partial charge in [-0.25, -0.2) is 4.98 Å². The van der Waals surface area contributed by atoms with Gasteiger partial charge in [0.25, 0.3) is 0 Å². The lowest BCUT2D eigenvalue weighted by Crippen LogP contribution is -2.30. The maximum Gasteiger partial charge on any atom is 0.131 e. The third kappa shape index (κ3) is 5.27. The van der Waals surface area contributed by atoms with Crippen molar-refractivity contribution in [3.8, 4) is 17.6 Å². The highest BCUT2D eigenvalue weighted by Gasteiger charge is 2.25. The lowest BCUT2D eigenvalue weighted by atomic mass is 9.90. The Morgan fingerprint density at radius 3 is 2.03 bits per heavy atom. The first-order valence-electron chi connectivity index (χ1n) is 10.9. The van der Waals surface area contributed by atoms with Crippen LogP contribution >= 0.6 is 0 Å². The Morgan fingerprint density at radius 1 is 0.806 bits per heavy atom. The van der Waals surface area contributed by atoms with Gasteiger partial charge in [0.05, 0.1) is 16.8 Å². The molecule has 3 nitrogen and oxygen atoms in total. The van der Waals surface area contributed by atoms with Crippen LogP contribution in [0.25, 0.3) is 0 Å². The number of phenols is 1. The molecule has 0 amide bonds. The van der Waals surface area contributed by atoms with Crippen LogP contribution in [0.5, 0.6) is 5.75 Å². The number of para-hydroxylation sites is 2.